The van der Waals surface area contributed by atoms with Crippen molar-refractivity contribution < 1.29 is 13.2 Å². The van der Waals surface area contributed by atoms with Crippen LogP contribution in [0.25, 0.3) is 0 Å². The number of hydrogen-bond acceptors (Lipinski definition) is 4. The molecule has 8 heteroatoms. The molecule has 3 rings (SSSR count). The molecule has 1 saturated heterocycles. The molecule has 1 fully saturated rings. The van der Waals surface area contributed by atoms with E-state index in [1.54, 1.807) is 54.4 Å². The van der Waals surface area contributed by atoms with Gasteiger partial charge in [-0.3, -0.25) is 9.52 Å². The van der Waals surface area contributed by atoms with Gasteiger partial charge in [0.05, 0.1) is 4.90 Å². The Morgan fingerprint density at radius 1 is 1.12 bits per heavy atom. The SMILES string of the molecule is CN(C(=O)c1ccc(NS(=O)(=O)c2ccccc2)cc1)C1CCNC1.Cl. The van der Waals surface area contributed by atoms with Crippen LogP contribution >= 0.6 is 12.4 Å². The van der Waals surface area contributed by atoms with E-state index in [0.29, 0.717) is 11.3 Å². The highest BCUT2D eigenvalue weighted by Crippen LogP contribution is 2.18. The van der Waals surface area contributed by atoms with Gasteiger partial charge >= 0.3 is 0 Å². The van der Waals surface area contributed by atoms with Crippen LogP contribution in [0.1, 0.15) is 16.8 Å². The molecule has 2 aromatic rings. The predicted molar refractivity (Wildman–Crippen MR) is 104 cm³/mol. The molecule has 1 aliphatic heterocycles. The Hall–Kier alpha value is -2.09. The maximum absolute atomic E-state index is 12.5. The van der Waals surface area contributed by atoms with Crippen molar-refractivity contribution in [2.45, 2.75) is 17.4 Å². The minimum Gasteiger partial charge on any atom is -0.337 e. The quantitative estimate of drug-likeness (QED) is 0.814. The van der Waals surface area contributed by atoms with Crippen LogP contribution in [-0.4, -0.2) is 45.4 Å². The molecule has 0 bridgehead atoms. The second-order valence-corrected chi connectivity index (χ2v) is 7.74. The van der Waals surface area contributed by atoms with Crippen molar-refractivity contribution >= 4 is 34.0 Å². The number of anilines is 1. The fourth-order valence-corrected chi connectivity index (χ4v) is 3.91. The zero-order chi connectivity index (χ0) is 17.9. The van der Waals surface area contributed by atoms with Gasteiger partial charge in [-0.25, -0.2) is 8.42 Å². The second kappa shape index (κ2) is 8.53. The maximum atomic E-state index is 12.5. The summed E-state index contributed by atoms with van der Waals surface area (Å²) in [6.45, 7) is 1.72. The maximum Gasteiger partial charge on any atom is 0.261 e. The summed E-state index contributed by atoms with van der Waals surface area (Å²) in [5, 5.41) is 3.24. The first-order valence-corrected chi connectivity index (χ1v) is 9.61. The highest BCUT2D eigenvalue weighted by Gasteiger charge is 2.24. The zero-order valence-corrected chi connectivity index (χ0v) is 16.0. The van der Waals surface area contributed by atoms with E-state index < -0.39 is 10.0 Å². The van der Waals surface area contributed by atoms with Crippen molar-refractivity contribution in [1.29, 1.82) is 0 Å². The summed E-state index contributed by atoms with van der Waals surface area (Å²) in [7, 11) is -1.83. The van der Waals surface area contributed by atoms with Crippen molar-refractivity contribution in [1.82, 2.24) is 10.2 Å². The molecule has 0 saturated carbocycles. The topological polar surface area (TPSA) is 78.5 Å². The third-order valence-corrected chi connectivity index (χ3v) is 5.74. The Morgan fingerprint density at radius 2 is 1.77 bits per heavy atom. The molecule has 6 nitrogen and oxygen atoms in total. The van der Waals surface area contributed by atoms with Crippen molar-refractivity contribution in [3.8, 4) is 0 Å². The van der Waals surface area contributed by atoms with Gasteiger partial charge in [0.15, 0.2) is 0 Å². The smallest absolute Gasteiger partial charge is 0.261 e. The molecule has 1 amide bonds. The number of sulfonamides is 1. The van der Waals surface area contributed by atoms with E-state index in [4.69, 9.17) is 0 Å². The first-order valence-electron chi connectivity index (χ1n) is 8.13. The molecule has 0 spiro atoms. The number of likely N-dealkylation sites (N-methyl/N-ethyl adjacent to an activating group) is 1. The summed E-state index contributed by atoms with van der Waals surface area (Å²) in [6.07, 6.45) is 0.942. The minimum atomic E-state index is -3.63. The molecular weight excluding hydrogens is 374 g/mol. The molecule has 1 unspecified atom stereocenters. The first-order chi connectivity index (χ1) is 12.0. The molecule has 0 radical (unpaired) electrons. The van der Waals surface area contributed by atoms with E-state index in [-0.39, 0.29) is 29.3 Å². The molecule has 26 heavy (non-hydrogen) atoms. The van der Waals surface area contributed by atoms with Crippen molar-refractivity contribution in [3.05, 3.63) is 60.2 Å². The Kier molecular flexibility index (Phi) is 6.63. The van der Waals surface area contributed by atoms with Crippen LogP contribution in [0, 0.1) is 0 Å². The van der Waals surface area contributed by atoms with Gasteiger partial charge in [0.1, 0.15) is 0 Å². The molecule has 0 aliphatic carbocycles. The summed E-state index contributed by atoms with van der Waals surface area (Å²) >= 11 is 0. The Bertz CT molecular complexity index is 836. The number of rotatable bonds is 5. The van der Waals surface area contributed by atoms with Crippen LogP contribution in [0.15, 0.2) is 59.5 Å². The summed E-state index contributed by atoms with van der Waals surface area (Å²) in [5.74, 6) is -0.0637. The van der Waals surface area contributed by atoms with E-state index in [0.717, 1.165) is 19.5 Å². The Morgan fingerprint density at radius 3 is 2.35 bits per heavy atom. The largest absolute Gasteiger partial charge is 0.337 e. The summed E-state index contributed by atoms with van der Waals surface area (Å²) in [5.41, 5.74) is 0.961. The van der Waals surface area contributed by atoms with Crippen LogP contribution in [0.3, 0.4) is 0 Å². The van der Waals surface area contributed by atoms with Gasteiger partial charge in [0, 0.05) is 30.9 Å². The van der Waals surface area contributed by atoms with E-state index >= 15 is 0 Å². The molecule has 0 aromatic heterocycles. The number of hydrogen-bond donors (Lipinski definition) is 2. The van der Waals surface area contributed by atoms with Crippen LogP contribution in [-0.2, 0) is 10.0 Å². The number of carbonyl (C=O) groups is 1. The lowest BCUT2D eigenvalue weighted by Crippen LogP contribution is -2.38. The van der Waals surface area contributed by atoms with E-state index in [9.17, 15) is 13.2 Å². The fourth-order valence-electron chi connectivity index (χ4n) is 2.83. The number of nitrogens with one attached hydrogen (secondary N) is 2. The van der Waals surface area contributed by atoms with E-state index in [1.165, 1.54) is 12.1 Å². The molecule has 2 N–H and O–H groups in total. The fraction of sp³-hybridized carbons (Fsp3) is 0.278. The predicted octanol–water partition coefficient (Wildman–Crippen LogP) is 2.34. The van der Waals surface area contributed by atoms with Gasteiger partial charge in [0.25, 0.3) is 15.9 Å². The average molecular weight is 396 g/mol. The summed E-state index contributed by atoms with van der Waals surface area (Å²) in [4.78, 5) is 14.4. The van der Waals surface area contributed by atoms with Crippen LogP contribution < -0.4 is 10.0 Å². The van der Waals surface area contributed by atoms with Crippen molar-refractivity contribution in [2.24, 2.45) is 0 Å². The van der Waals surface area contributed by atoms with E-state index in [1.807, 2.05) is 0 Å². The normalized spacial score (nSPS) is 16.6. The Balaban J connectivity index is 0.00000243. The number of carbonyl (C=O) groups excluding carboxylic acids is 1. The van der Waals surface area contributed by atoms with Gasteiger partial charge in [-0.05, 0) is 49.4 Å². The van der Waals surface area contributed by atoms with Crippen LogP contribution in [0.2, 0.25) is 0 Å². The second-order valence-electron chi connectivity index (χ2n) is 6.06. The number of halogens is 1. The zero-order valence-electron chi connectivity index (χ0n) is 14.4. The minimum absolute atomic E-state index is 0. The highest BCUT2D eigenvalue weighted by molar-refractivity contribution is 7.92. The number of nitrogens with zero attached hydrogens (tertiary/aromatic N) is 1. The highest BCUT2D eigenvalue weighted by atomic mass is 35.5. The van der Waals surface area contributed by atoms with Crippen molar-refractivity contribution in [2.75, 3.05) is 24.9 Å². The molecule has 1 atom stereocenters. The Labute approximate surface area is 160 Å². The number of amides is 1. The lowest BCUT2D eigenvalue weighted by Gasteiger charge is -2.23. The summed E-state index contributed by atoms with van der Waals surface area (Å²) < 4.78 is 27.1. The lowest BCUT2D eigenvalue weighted by atomic mass is 10.1. The molecule has 140 valence electrons. The summed E-state index contributed by atoms with van der Waals surface area (Å²) in [6, 6.07) is 14.9. The van der Waals surface area contributed by atoms with Gasteiger partial charge in [0.2, 0.25) is 0 Å². The standard InChI is InChI=1S/C18H21N3O3S.ClH/c1-21(16-11-12-19-13-16)18(22)14-7-9-15(10-8-14)20-25(23,24)17-5-3-2-4-6-17;/h2-10,16,19-20H,11-13H2,1H3;1H. The molecule has 1 aliphatic rings. The lowest BCUT2D eigenvalue weighted by molar-refractivity contribution is 0.0744. The van der Waals surface area contributed by atoms with Gasteiger partial charge < -0.3 is 10.2 Å². The van der Waals surface area contributed by atoms with Crippen LogP contribution in [0.5, 0.6) is 0 Å². The van der Waals surface area contributed by atoms with Crippen LogP contribution in [0.4, 0.5) is 5.69 Å². The third-order valence-electron chi connectivity index (χ3n) is 4.34. The monoisotopic (exact) mass is 395 g/mol. The van der Waals surface area contributed by atoms with Gasteiger partial charge in [-0.15, -0.1) is 12.4 Å². The van der Waals surface area contributed by atoms with Gasteiger partial charge in [-0.2, -0.15) is 0 Å². The molecular formula is C18H22ClN3O3S. The average Bonchev–Trinajstić information content (AvgIpc) is 3.16. The van der Waals surface area contributed by atoms with Gasteiger partial charge in [-0.1, -0.05) is 18.2 Å². The van der Waals surface area contributed by atoms with E-state index in [2.05, 4.69) is 10.0 Å². The van der Waals surface area contributed by atoms with Crippen molar-refractivity contribution in [3.63, 3.8) is 0 Å². The molecule has 1 heterocycles. The first kappa shape index (κ1) is 20.2. The number of benzene rings is 2. The molecule has 2 aromatic carbocycles. The third kappa shape index (κ3) is 4.55.